The molecule has 1 N–H and O–H groups in total. The summed E-state index contributed by atoms with van der Waals surface area (Å²) in [5.41, 5.74) is 1.54. The summed E-state index contributed by atoms with van der Waals surface area (Å²) in [6, 6.07) is 26.9. The largest absolute Gasteiger partial charge is 0.505 e. The minimum Gasteiger partial charge on any atom is -0.505 e. The fourth-order valence-electron chi connectivity index (χ4n) is 8.99. The number of phenols is 1. The summed E-state index contributed by atoms with van der Waals surface area (Å²) in [4.78, 5) is 60.8. The second-order valence-corrected chi connectivity index (χ2v) is 13.7. The Kier molecular flexibility index (Phi) is 7.33. The van der Waals surface area contributed by atoms with Gasteiger partial charge in [-0.25, -0.2) is 9.29 Å². The van der Waals surface area contributed by atoms with Gasteiger partial charge in [-0.05, 0) is 72.7 Å². The van der Waals surface area contributed by atoms with Crippen molar-refractivity contribution in [3.05, 3.63) is 136 Å². The van der Waals surface area contributed by atoms with Gasteiger partial charge in [0.1, 0.15) is 0 Å². The van der Waals surface area contributed by atoms with Gasteiger partial charge in [-0.15, -0.1) is 0 Å². The third kappa shape index (κ3) is 4.39. The van der Waals surface area contributed by atoms with Crippen molar-refractivity contribution in [2.75, 3.05) is 9.80 Å². The van der Waals surface area contributed by atoms with Crippen LogP contribution >= 0.6 is 11.6 Å². The lowest BCUT2D eigenvalue weighted by atomic mass is 9.49. The van der Waals surface area contributed by atoms with E-state index in [-0.39, 0.29) is 35.9 Å². The van der Waals surface area contributed by atoms with Crippen LogP contribution in [0.5, 0.6) is 5.75 Å². The maximum atomic E-state index is 15.3. The zero-order valence-corrected chi connectivity index (χ0v) is 27.3. The summed E-state index contributed by atoms with van der Waals surface area (Å²) < 4.78 is 15.3. The lowest BCUT2D eigenvalue weighted by Crippen LogP contribution is -2.53. The van der Waals surface area contributed by atoms with Crippen LogP contribution in [0.25, 0.3) is 0 Å². The standard InChI is InChI=1S/C40H32ClFN2O5/c1-2-22-14-16-25(17-15-22)43-36(46)28-19-18-27-30(33(28)38(43)48)21-31-37(47)44(26-11-6-10-24(41)20-26)39(49)40(31,23-8-4-3-5-9-23)34(27)29-12-7-13-32(42)35(29)45/h3-18,20,28,30-31,33-34,45H,2,19,21H2,1H3/t28-,30+,31-,33-,34+,40+/m0/s1. The highest BCUT2D eigenvalue weighted by molar-refractivity contribution is 6.32. The average molecular weight is 675 g/mol. The number of allylic oxidation sites excluding steroid dienone is 2. The molecule has 246 valence electrons. The van der Waals surface area contributed by atoms with Gasteiger partial charge in [0.05, 0.1) is 34.5 Å². The van der Waals surface area contributed by atoms with Crippen LogP contribution in [0.3, 0.4) is 0 Å². The molecule has 0 aromatic heterocycles. The Labute approximate surface area is 287 Å². The van der Waals surface area contributed by atoms with Crippen LogP contribution in [0.1, 0.15) is 42.4 Å². The molecule has 6 atom stereocenters. The molecular weight excluding hydrogens is 643 g/mol. The molecule has 0 bridgehead atoms. The lowest BCUT2D eigenvalue weighted by Gasteiger charge is -2.50. The van der Waals surface area contributed by atoms with E-state index in [2.05, 4.69) is 0 Å². The SMILES string of the molecule is CCc1ccc(N2C(=O)[C@H]3[C@H](CC=C4[C@H]3C[C@H]3C(=O)N(c5cccc(Cl)c5)C(=O)[C@@]3(c3ccccc3)[C@H]4c3cccc(F)c3O)C2=O)cc1. The van der Waals surface area contributed by atoms with E-state index in [4.69, 9.17) is 11.6 Å². The Morgan fingerprint density at radius 2 is 1.55 bits per heavy atom. The second kappa shape index (κ2) is 11.5. The molecule has 4 amide bonds. The normalized spacial score (nSPS) is 27.6. The molecule has 2 heterocycles. The Morgan fingerprint density at radius 3 is 2.27 bits per heavy atom. The zero-order chi connectivity index (χ0) is 34.2. The first-order valence-corrected chi connectivity index (χ1v) is 16.9. The minimum atomic E-state index is -1.61. The number of phenolic OH excluding ortho intramolecular Hbond substituents is 1. The molecule has 2 aliphatic heterocycles. The zero-order valence-electron chi connectivity index (χ0n) is 26.6. The van der Waals surface area contributed by atoms with Crippen molar-refractivity contribution < 1.29 is 28.7 Å². The van der Waals surface area contributed by atoms with Gasteiger partial charge >= 0.3 is 0 Å². The van der Waals surface area contributed by atoms with E-state index >= 15 is 9.18 Å². The van der Waals surface area contributed by atoms with E-state index in [0.29, 0.717) is 21.8 Å². The molecule has 0 spiro atoms. The molecule has 4 aromatic carbocycles. The molecule has 9 heteroatoms. The predicted octanol–water partition coefficient (Wildman–Crippen LogP) is 7.11. The number of rotatable bonds is 5. The van der Waals surface area contributed by atoms with Crippen molar-refractivity contribution in [3.63, 3.8) is 0 Å². The van der Waals surface area contributed by atoms with Crippen molar-refractivity contribution in [1.29, 1.82) is 0 Å². The monoisotopic (exact) mass is 674 g/mol. The summed E-state index contributed by atoms with van der Waals surface area (Å²) in [5, 5.41) is 11.7. The van der Waals surface area contributed by atoms with E-state index < -0.39 is 58.4 Å². The van der Waals surface area contributed by atoms with Crippen LogP contribution in [0.4, 0.5) is 15.8 Å². The van der Waals surface area contributed by atoms with E-state index in [0.717, 1.165) is 23.0 Å². The first-order chi connectivity index (χ1) is 23.7. The van der Waals surface area contributed by atoms with Crippen LogP contribution < -0.4 is 9.80 Å². The topological polar surface area (TPSA) is 95.0 Å². The molecule has 2 saturated heterocycles. The number of hydrogen-bond donors (Lipinski definition) is 1. The van der Waals surface area contributed by atoms with Gasteiger partial charge < -0.3 is 5.11 Å². The van der Waals surface area contributed by atoms with Gasteiger partial charge in [-0.1, -0.05) is 90.8 Å². The van der Waals surface area contributed by atoms with Gasteiger partial charge in [-0.3, -0.25) is 24.1 Å². The number of halogens is 2. The highest BCUT2D eigenvalue weighted by atomic mass is 35.5. The highest BCUT2D eigenvalue weighted by Crippen LogP contribution is 2.65. The molecule has 0 unspecified atom stereocenters. The Bertz CT molecular complexity index is 2080. The molecule has 7 nitrogen and oxygen atoms in total. The van der Waals surface area contributed by atoms with Crippen molar-refractivity contribution in [3.8, 4) is 5.75 Å². The average Bonchev–Trinajstić information content (AvgIpc) is 3.50. The summed E-state index contributed by atoms with van der Waals surface area (Å²) in [7, 11) is 0. The molecule has 4 aliphatic rings. The number of carbonyl (C=O) groups excluding carboxylic acids is 4. The first-order valence-electron chi connectivity index (χ1n) is 16.5. The molecule has 3 fully saturated rings. The Morgan fingerprint density at radius 1 is 0.816 bits per heavy atom. The number of aryl methyl sites for hydroxylation is 1. The quantitative estimate of drug-likeness (QED) is 0.180. The molecule has 4 aromatic rings. The smallest absolute Gasteiger partial charge is 0.246 e. The fourth-order valence-corrected chi connectivity index (χ4v) is 9.17. The third-order valence-corrected chi connectivity index (χ3v) is 11.3. The number of imide groups is 2. The van der Waals surface area contributed by atoms with Crippen LogP contribution in [-0.2, 0) is 31.0 Å². The summed E-state index contributed by atoms with van der Waals surface area (Å²) >= 11 is 6.35. The van der Waals surface area contributed by atoms with E-state index in [9.17, 15) is 19.5 Å². The summed E-state index contributed by atoms with van der Waals surface area (Å²) in [6.07, 6.45) is 3.00. The molecule has 1 saturated carbocycles. The maximum absolute atomic E-state index is 15.3. The molecule has 0 radical (unpaired) electrons. The number of para-hydroxylation sites is 1. The number of nitrogens with zero attached hydrogens (tertiary/aromatic N) is 2. The maximum Gasteiger partial charge on any atom is 0.246 e. The van der Waals surface area contributed by atoms with E-state index in [1.54, 1.807) is 72.8 Å². The third-order valence-electron chi connectivity index (χ3n) is 11.1. The fraction of sp³-hybridized carbons (Fsp3) is 0.250. The van der Waals surface area contributed by atoms with Gasteiger partial charge in [-0.2, -0.15) is 0 Å². The minimum absolute atomic E-state index is 0.0950. The van der Waals surface area contributed by atoms with Gasteiger partial charge in [0.25, 0.3) is 0 Å². The Balaban J connectivity index is 1.35. The van der Waals surface area contributed by atoms with Crippen molar-refractivity contribution in [2.24, 2.45) is 23.7 Å². The van der Waals surface area contributed by atoms with Crippen molar-refractivity contribution in [2.45, 2.75) is 37.5 Å². The highest BCUT2D eigenvalue weighted by Gasteiger charge is 2.70. The van der Waals surface area contributed by atoms with Crippen LogP contribution in [0.2, 0.25) is 5.02 Å². The lowest BCUT2D eigenvalue weighted by molar-refractivity contribution is -0.127. The van der Waals surface area contributed by atoms with E-state index in [1.165, 1.54) is 11.0 Å². The number of amides is 4. The van der Waals surface area contributed by atoms with Crippen LogP contribution in [0, 0.1) is 29.5 Å². The molecule has 8 rings (SSSR count). The van der Waals surface area contributed by atoms with E-state index in [1.807, 2.05) is 25.1 Å². The number of anilines is 2. The number of fused-ring (bicyclic) bond motifs is 4. The number of carbonyl (C=O) groups is 4. The van der Waals surface area contributed by atoms with Gasteiger partial charge in [0.15, 0.2) is 11.6 Å². The van der Waals surface area contributed by atoms with Crippen molar-refractivity contribution >= 4 is 46.6 Å². The number of hydrogen-bond acceptors (Lipinski definition) is 5. The number of aromatic hydroxyl groups is 1. The van der Waals surface area contributed by atoms with Crippen molar-refractivity contribution in [1.82, 2.24) is 0 Å². The summed E-state index contributed by atoms with van der Waals surface area (Å²) in [5.74, 6) is -7.36. The van der Waals surface area contributed by atoms with Crippen LogP contribution in [-0.4, -0.2) is 28.7 Å². The molecule has 49 heavy (non-hydrogen) atoms. The first kappa shape index (κ1) is 31.2. The predicted molar refractivity (Wildman–Crippen MR) is 182 cm³/mol. The Hall–Kier alpha value is -5.08. The molecular formula is C40H32ClFN2O5. The van der Waals surface area contributed by atoms with Crippen LogP contribution in [0.15, 0.2) is 109 Å². The second-order valence-electron chi connectivity index (χ2n) is 13.3. The van der Waals surface area contributed by atoms with Gasteiger partial charge in [0.2, 0.25) is 23.6 Å². The summed E-state index contributed by atoms with van der Waals surface area (Å²) in [6.45, 7) is 2.02. The number of benzene rings is 4. The van der Waals surface area contributed by atoms with Gasteiger partial charge in [0, 0.05) is 16.5 Å². The molecule has 2 aliphatic carbocycles.